The Balaban J connectivity index is 1.65. The molecule has 7 nitrogen and oxygen atoms in total. The summed E-state index contributed by atoms with van der Waals surface area (Å²) < 4.78 is 5.67. The third-order valence-electron chi connectivity index (χ3n) is 3.76. The Morgan fingerprint density at radius 1 is 1.20 bits per heavy atom. The second-order valence-corrected chi connectivity index (χ2v) is 6.39. The SMILES string of the molecule is O=C(Nc1nc2c(s1)COc1ccccc1-2)c1ccccc1[N+](=O)[O-]. The monoisotopic (exact) mass is 353 g/mol. The highest BCUT2D eigenvalue weighted by atomic mass is 32.1. The van der Waals surface area contributed by atoms with Crippen LogP contribution in [0, 0.1) is 10.1 Å². The predicted molar refractivity (Wildman–Crippen MR) is 92.9 cm³/mol. The van der Waals surface area contributed by atoms with Crippen molar-refractivity contribution in [1.29, 1.82) is 0 Å². The molecule has 0 radical (unpaired) electrons. The van der Waals surface area contributed by atoms with Crippen LogP contribution >= 0.6 is 11.3 Å². The van der Waals surface area contributed by atoms with Crippen molar-refractivity contribution in [3.8, 4) is 17.0 Å². The molecule has 1 aliphatic rings. The highest BCUT2D eigenvalue weighted by Crippen LogP contribution is 2.40. The average molecular weight is 353 g/mol. The number of carbonyl (C=O) groups excluding carboxylic acids is 1. The molecule has 0 spiro atoms. The number of rotatable bonds is 3. The lowest BCUT2D eigenvalue weighted by Gasteiger charge is -2.15. The van der Waals surface area contributed by atoms with Gasteiger partial charge in [0.25, 0.3) is 11.6 Å². The molecular formula is C17H11N3O4S. The normalized spacial score (nSPS) is 11.8. The van der Waals surface area contributed by atoms with E-state index in [1.165, 1.54) is 29.5 Å². The van der Waals surface area contributed by atoms with E-state index in [4.69, 9.17) is 4.74 Å². The molecule has 0 fully saturated rings. The fraction of sp³-hybridized carbons (Fsp3) is 0.0588. The maximum Gasteiger partial charge on any atom is 0.282 e. The summed E-state index contributed by atoms with van der Waals surface area (Å²) in [7, 11) is 0. The van der Waals surface area contributed by atoms with Gasteiger partial charge in [0.1, 0.15) is 17.9 Å². The van der Waals surface area contributed by atoms with Crippen LogP contribution in [0.1, 0.15) is 15.2 Å². The van der Waals surface area contributed by atoms with Crippen molar-refractivity contribution in [3.63, 3.8) is 0 Å². The molecule has 0 saturated heterocycles. The fourth-order valence-electron chi connectivity index (χ4n) is 2.63. The third-order valence-corrected chi connectivity index (χ3v) is 4.71. The molecule has 8 heteroatoms. The van der Waals surface area contributed by atoms with Crippen molar-refractivity contribution >= 4 is 28.1 Å². The smallest absolute Gasteiger partial charge is 0.282 e. The topological polar surface area (TPSA) is 94.4 Å². The molecule has 0 saturated carbocycles. The van der Waals surface area contributed by atoms with Gasteiger partial charge >= 0.3 is 0 Å². The van der Waals surface area contributed by atoms with Gasteiger partial charge in [-0.2, -0.15) is 0 Å². The van der Waals surface area contributed by atoms with Crippen molar-refractivity contribution in [2.45, 2.75) is 6.61 Å². The lowest BCUT2D eigenvalue weighted by atomic mass is 10.1. The third kappa shape index (κ3) is 2.72. The minimum atomic E-state index is -0.578. The minimum absolute atomic E-state index is 0.00248. The number of anilines is 1. The maximum absolute atomic E-state index is 12.4. The van der Waals surface area contributed by atoms with Gasteiger partial charge in [-0.1, -0.05) is 35.6 Å². The van der Waals surface area contributed by atoms with Crippen LogP contribution in [-0.2, 0) is 6.61 Å². The van der Waals surface area contributed by atoms with Crippen molar-refractivity contribution in [2.24, 2.45) is 0 Å². The van der Waals surface area contributed by atoms with Crippen LogP contribution in [0.15, 0.2) is 48.5 Å². The standard InChI is InChI=1S/C17H11N3O4S/c21-16(10-5-1-3-7-12(10)20(22)23)19-17-18-15-11-6-2-4-8-13(11)24-9-14(15)25-17/h1-8H,9H2,(H,18,19,21). The van der Waals surface area contributed by atoms with Crippen molar-refractivity contribution in [1.82, 2.24) is 4.98 Å². The lowest BCUT2D eigenvalue weighted by Crippen LogP contribution is -2.13. The number of fused-ring (bicyclic) bond motifs is 3. The van der Waals surface area contributed by atoms with Crippen LogP contribution in [-0.4, -0.2) is 15.8 Å². The fourth-order valence-corrected chi connectivity index (χ4v) is 3.52. The number of carbonyl (C=O) groups is 1. The number of thiazole rings is 1. The summed E-state index contributed by atoms with van der Waals surface area (Å²) in [5.41, 5.74) is 1.39. The highest BCUT2D eigenvalue weighted by molar-refractivity contribution is 7.16. The first-order valence-electron chi connectivity index (χ1n) is 7.40. The van der Waals surface area contributed by atoms with Crippen molar-refractivity contribution in [3.05, 3.63) is 69.1 Å². The molecule has 2 aromatic carbocycles. The summed E-state index contributed by atoms with van der Waals surface area (Å²) in [5, 5.41) is 14.1. The van der Waals surface area contributed by atoms with E-state index in [1.807, 2.05) is 24.3 Å². The van der Waals surface area contributed by atoms with Crippen LogP contribution in [0.2, 0.25) is 0 Å². The largest absolute Gasteiger partial charge is 0.487 e. The second-order valence-electron chi connectivity index (χ2n) is 5.30. The maximum atomic E-state index is 12.4. The van der Waals surface area contributed by atoms with Gasteiger partial charge in [0.05, 0.1) is 15.5 Å². The molecular weight excluding hydrogens is 342 g/mol. The molecule has 2 heterocycles. The average Bonchev–Trinajstić information content (AvgIpc) is 3.04. The summed E-state index contributed by atoms with van der Waals surface area (Å²) >= 11 is 1.30. The van der Waals surface area contributed by atoms with Gasteiger partial charge in [-0.15, -0.1) is 0 Å². The van der Waals surface area contributed by atoms with Crippen LogP contribution < -0.4 is 10.1 Å². The van der Waals surface area contributed by atoms with Gasteiger partial charge in [-0.25, -0.2) is 4.98 Å². The zero-order chi connectivity index (χ0) is 17.4. The number of para-hydroxylation sites is 2. The van der Waals surface area contributed by atoms with Gasteiger partial charge in [0, 0.05) is 11.6 Å². The van der Waals surface area contributed by atoms with Crippen LogP contribution in [0.5, 0.6) is 5.75 Å². The number of nitrogens with one attached hydrogen (secondary N) is 1. The number of nitro benzene ring substituents is 1. The summed E-state index contributed by atoms with van der Waals surface area (Å²) in [4.78, 5) is 28.3. The van der Waals surface area contributed by atoms with Gasteiger partial charge in [-0.05, 0) is 18.2 Å². The Bertz CT molecular complexity index is 999. The molecule has 0 bridgehead atoms. The molecule has 1 aromatic heterocycles. The number of nitrogens with zero attached hydrogens (tertiary/aromatic N) is 2. The number of amides is 1. The van der Waals surface area contributed by atoms with Gasteiger partial charge < -0.3 is 4.74 Å². The number of hydrogen-bond donors (Lipinski definition) is 1. The van der Waals surface area contributed by atoms with E-state index >= 15 is 0 Å². The molecule has 3 aromatic rings. The van der Waals surface area contributed by atoms with E-state index in [9.17, 15) is 14.9 Å². The number of hydrogen-bond acceptors (Lipinski definition) is 6. The van der Waals surface area contributed by atoms with E-state index in [1.54, 1.807) is 6.07 Å². The molecule has 1 N–H and O–H groups in total. The first-order chi connectivity index (χ1) is 12.1. The quantitative estimate of drug-likeness (QED) is 0.570. The lowest BCUT2D eigenvalue weighted by molar-refractivity contribution is -0.385. The van der Waals surface area contributed by atoms with Gasteiger partial charge in [0.2, 0.25) is 0 Å². The molecule has 0 unspecified atom stereocenters. The molecule has 25 heavy (non-hydrogen) atoms. The molecule has 124 valence electrons. The molecule has 1 amide bonds. The zero-order valence-electron chi connectivity index (χ0n) is 12.8. The Morgan fingerprint density at radius 3 is 2.80 bits per heavy atom. The second kappa shape index (κ2) is 5.99. The molecule has 0 aliphatic carbocycles. The summed E-state index contributed by atoms with van der Waals surface area (Å²) in [6, 6.07) is 13.4. The Kier molecular flexibility index (Phi) is 3.66. The van der Waals surface area contributed by atoms with E-state index in [-0.39, 0.29) is 11.3 Å². The van der Waals surface area contributed by atoms with Crippen LogP contribution in [0.3, 0.4) is 0 Å². The van der Waals surface area contributed by atoms with E-state index in [0.717, 1.165) is 21.9 Å². The predicted octanol–water partition coefficient (Wildman–Crippen LogP) is 3.86. The Labute approximate surface area is 146 Å². The van der Waals surface area contributed by atoms with Crippen molar-refractivity contribution < 1.29 is 14.5 Å². The Hall–Kier alpha value is -3.26. The van der Waals surface area contributed by atoms with Gasteiger partial charge in [0.15, 0.2) is 5.13 Å². The zero-order valence-corrected chi connectivity index (χ0v) is 13.6. The molecule has 0 atom stereocenters. The summed E-state index contributed by atoms with van der Waals surface area (Å²) in [6.45, 7) is 0.380. The van der Waals surface area contributed by atoms with Crippen molar-refractivity contribution in [2.75, 3.05) is 5.32 Å². The summed E-state index contributed by atoms with van der Waals surface area (Å²) in [6.07, 6.45) is 0. The van der Waals surface area contributed by atoms with E-state index < -0.39 is 10.8 Å². The highest BCUT2D eigenvalue weighted by Gasteiger charge is 2.24. The summed E-state index contributed by atoms with van der Waals surface area (Å²) in [5.74, 6) is 0.185. The minimum Gasteiger partial charge on any atom is -0.487 e. The number of aromatic nitrogens is 1. The number of ether oxygens (including phenoxy) is 1. The first-order valence-corrected chi connectivity index (χ1v) is 8.22. The molecule has 1 aliphatic heterocycles. The van der Waals surface area contributed by atoms with Gasteiger partial charge in [-0.3, -0.25) is 20.2 Å². The number of benzene rings is 2. The Morgan fingerprint density at radius 2 is 1.96 bits per heavy atom. The van der Waals surface area contributed by atoms with E-state index in [2.05, 4.69) is 10.3 Å². The first kappa shape index (κ1) is 15.3. The number of nitro groups is 1. The van der Waals surface area contributed by atoms with Crippen LogP contribution in [0.4, 0.5) is 10.8 Å². The van der Waals surface area contributed by atoms with E-state index in [0.29, 0.717) is 11.7 Å². The van der Waals surface area contributed by atoms with Crippen LogP contribution in [0.25, 0.3) is 11.3 Å². The molecule has 4 rings (SSSR count).